The molecule has 1 fully saturated rings. The Balaban J connectivity index is 1.53. The quantitative estimate of drug-likeness (QED) is 0.267. The van der Waals surface area contributed by atoms with Crippen molar-refractivity contribution in [2.75, 3.05) is 13.2 Å². The highest BCUT2D eigenvalue weighted by Crippen LogP contribution is 2.26. The second-order valence-electron chi connectivity index (χ2n) is 9.73. The number of carbonyl (C=O) groups is 2. The van der Waals surface area contributed by atoms with Gasteiger partial charge in [-0.1, -0.05) is 72.8 Å². The van der Waals surface area contributed by atoms with E-state index in [9.17, 15) is 18.0 Å². The topological polar surface area (TPSA) is 116 Å². The average Bonchev–Trinajstić information content (AvgIpc) is 3.76. The van der Waals surface area contributed by atoms with Gasteiger partial charge in [0.05, 0.1) is 4.90 Å². The number of nitrogens with zero attached hydrogens (tertiary/aromatic N) is 1. The van der Waals surface area contributed by atoms with Crippen molar-refractivity contribution in [3.63, 3.8) is 0 Å². The number of carbonyl (C=O) groups excluding carboxylic acids is 2. The number of aryl methyl sites for hydroxylation is 1. The summed E-state index contributed by atoms with van der Waals surface area (Å²) in [6.07, 6.45) is 2.69. The molecule has 0 unspecified atom stereocenters. The molecule has 0 bridgehead atoms. The van der Waals surface area contributed by atoms with Crippen LogP contribution in [-0.4, -0.2) is 49.4 Å². The first-order valence-electron chi connectivity index (χ1n) is 13.3. The van der Waals surface area contributed by atoms with Crippen LogP contribution in [0.3, 0.4) is 0 Å². The number of benzene rings is 3. The van der Waals surface area contributed by atoms with Crippen LogP contribution in [0, 0.1) is 0 Å². The van der Waals surface area contributed by atoms with Gasteiger partial charge in [0, 0.05) is 32.2 Å². The molecule has 0 heterocycles. The van der Waals surface area contributed by atoms with E-state index in [0.29, 0.717) is 24.9 Å². The van der Waals surface area contributed by atoms with Gasteiger partial charge in [0.1, 0.15) is 6.04 Å². The number of amides is 2. The van der Waals surface area contributed by atoms with Gasteiger partial charge in [0.15, 0.2) is 0 Å². The largest absolute Gasteiger partial charge is 0.396 e. The van der Waals surface area contributed by atoms with E-state index in [2.05, 4.69) is 10.0 Å². The summed E-state index contributed by atoms with van der Waals surface area (Å²) in [6.45, 7) is 0.507. The molecule has 3 N–H and O–H groups in total. The number of aliphatic hydroxyl groups excluding tert-OH is 1. The van der Waals surface area contributed by atoms with Crippen LogP contribution in [0.5, 0.6) is 0 Å². The minimum Gasteiger partial charge on any atom is -0.396 e. The van der Waals surface area contributed by atoms with Crippen molar-refractivity contribution < 1.29 is 23.1 Å². The Kier molecular flexibility index (Phi) is 9.86. The summed E-state index contributed by atoms with van der Waals surface area (Å²) in [5, 5.41) is 12.0. The molecule has 3 aromatic rings. The van der Waals surface area contributed by atoms with E-state index in [1.165, 1.54) is 0 Å². The third-order valence-corrected chi connectivity index (χ3v) is 8.12. The summed E-state index contributed by atoms with van der Waals surface area (Å²) < 4.78 is 27.6. The first kappa shape index (κ1) is 28.5. The molecule has 8 nitrogen and oxygen atoms in total. The van der Waals surface area contributed by atoms with E-state index in [0.717, 1.165) is 24.0 Å². The minimum absolute atomic E-state index is 0.0290. The minimum atomic E-state index is -3.54. The van der Waals surface area contributed by atoms with Gasteiger partial charge in [-0.2, -0.15) is 0 Å². The average molecular weight is 550 g/mol. The summed E-state index contributed by atoms with van der Waals surface area (Å²) in [7, 11) is -3.54. The number of sulfonamides is 1. The summed E-state index contributed by atoms with van der Waals surface area (Å²) >= 11 is 0. The summed E-state index contributed by atoms with van der Waals surface area (Å²) in [6, 6.07) is 24.5. The van der Waals surface area contributed by atoms with Gasteiger partial charge in [0.2, 0.25) is 21.8 Å². The van der Waals surface area contributed by atoms with E-state index >= 15 is 0 Å². The molecule has 1 aliphatic rings. The van der Waals surface area contributed by atoms with Crippen LogP contribution >= 0.6 is 0 Å². The zero-order valence-corrected chi connectivity index (χ0v) is 22.6. The molecule has 0 saturated heterocycles. The molecular formula is C30H35N3O5S. The molecule has 2 amide bonds. The maximum atomic E-state index is 13.7. The van der Waals surface area contributed by atoms with Crippen molar-refractivity contribution in [1.29, 1.82) is 0 Å². The van der Waals surface area contributed by atoms with Gasteiger partial charge >= 0.3 is 0 Å². The Labute approximate surface area is 230 Å². The number of nitrogens with one attached hydrogen (secondary N) is 2. The monoisotopic (exact) mass is 549 g/mol. The molecule has 4 rings (SSSR count). The van der Waals surface area contributed by atoms with Crippen LogP contribution in [0.25, 0.3) is 0 Å². The van der Waals surface area contributed by atoms with Crippen molar-refractivity contribution >= 4 is 21.8 Å². The molecule has 1 saturated carbocycles. The highest BCUT2D eigenvalue weighted by Gasteiger charge is 2.31. The van der Waals surface area contributed by atoms with Crippen LogP contribution < -0.4 is 10.0 Å². The van der Waals surface area contributed by atoms with Gasteiger partial charge < -0.3 is 15.3 Å². The van der Waals surface area contributed by atoms with Crippen LogP contribution in [0.2, 0.25) is 0 Å². The van der Waals surface area contributed by atoms with Gasteiger partial charge in [-0.3, -0.25) is 9.59 Å². The predicted molar refractivity (Wildman–Crippen MR) is 149 cm³/mol. The Hall–Kier alpha value is -3.53. The van der Waals surface area contributed by atoms with Gasteiger partial charge in [0.25, 0.3) is 0 Å². The molecule has 206 valence electrons. The number of hydrogen-bond acceptors (Lipinski definition) is 5. The second-order valence-corrected chi connectivity index (χ2v) is 11.4. The van der Waals surface area contributed by atoms with Crippen molar-refractivity contribution in [3.8, 4) is 0 Å². The molecular weight excluding hydrogens is 514 g/mol. The normalized spacial score (nSPS) is 14.0. The molecule has 3 aromatic carbocycles. The van der Waals surface area contributed by atoms with Gasteiger partial charge in [-0.25, -0.2) is 13.1 Å². The van der Waals surface area contributed by atoms with Crippen LogP contribution in [-0.2, 0) is 32.6 Å². The maximum Gasteiger partial charge on any atom is 0.247 e. The fourth-order valence-corrected chi connectivity index (χ4v) is 5.62. The first-order valence-corrected chi connectivity index (χ1v) is 14.7. The lowest BCUT2D eigenvalue weighted by atomic mass is 10.0. The lowest BCUT2D eigenvalue weighted by Gasteiger charge is -2.32. The fraction of sp³-hybridized carbons (Fsp3) is 0.333. The Morgan fingerprint density at radius 1 is 0.897 bits per heavy atom. The fourth-order valence-electron chi connectivity index (χ4n) is 4.32. The summed E-state index contributed by atoms with van der Waals surface area (Å²) in [5.74, 6) is -0.506. The molecule has 0 radical (unpaired) electrons. The third kappa shape index (κ3) is 8.23. The molecule has 0 spiro atoms. The highest BCUT2D eigenvalue weighted by atomic mass is 32.2. The van der Waals surface area contributed by atoms with Crippen LogP contribution in [0.15, 0.2) is 89.8 Å². The maximum absolute atomic E-state index is 13.7. The zero-order valence-electron chi connectivity index (χ0n) is 21.8. The van der Waals surface area contributed by atoms with Crippen molar-refractivity contribution in [2.45, 2.75) is 55.6 Å². The third-order valence-electron chi connectivity index (χ3n) is 6.59. The van der Waals surface area contributed by atoms with Gasteiger partial charge in [-0.05, 0) is 54.5 Å². The second kappa shape index (κ2) is 13.5. The van der Waals surface area contributed by atoms with E-state index in [4.69, 9.17) is 5.11 Å². The van der Waals surface area contributed by atoms with E-state index in [-0.39, 0.29) is 42.3 Å². The molecule has 0 aliphatic heterocycles. The lowest BCUT2D eigenvalue weighted by Crippen LogP contribution is -2.43. The Morgan fingerprint density at radius 3 is 2.15 bits per heavy atom. The predicted octanol–water partition coefficient (Wildman–Crippen LogP) is 3.33. The van der Waals surface area contributed by atoms with E-state index < -0.39 is 16.1 Å². The smallest absolute Gasteiger partial charge is 0.247 e. The number of hydrogen-bond donors (Lipinski definition) is 3. The van der Waals surface area contributed by atoms with Crippen molar-refractivity contribution in [3.05, 3.63) is 102 Å². The van der Waals surface area contributed by atoms with Gasteiger partial charge in [-0.15, -0.1) is 0 Å². The summed E-state index contributed by atoms with van der Waals surface area (Å²) in [5.41, 5.74) is 2.42. The standard InChI is InChI=1S/C30H35N3O5S/c34-21-7-20-31-30(36)29(25-10-5-2-6-11-25)33(22-24-8-3-1-4-9-24)28(35)19-14-23-12-17-27(18-13-23)39(37,38)32-26-15-16-26/h1-6,8-13,17-18,26,29,32,34H,7,14-16,19-22H2,(H,31,36)/t29-/m1/s1. The number of rotatable bonds is 14. The Bertz CT molecular complexity index is 1330. The van der Waals surface area contributed by atoms with E-state index in [1.807, 2.05) is 60.7 Å². The van der Waals surface area contributed by atoms with Crippen molar-refractivity contribution in [2.24, 2.45) is 0 Å². The molecule has 39 heavy (non-hydrogen) atoms. The van der Waals surface area contributed by atoms with E-state index in [1.54, 1.807) is 29.2 Å². The number of aliphatic hydroxyl groups is 1. The summed E-state index contributed by atoms with van der Waals surface area (Å²) in [4.78, 5) is 28.9. The Morgan fingerprint density at radius 2 is 1.54 bits per heavy atom. The molecule has 0 aromatic heterocycles. The SMILES string of the molecule is O=C(NCCCO)[C@@H](c1ccccc1)N(Cc1ccccc1)C(=O)CCc1ccc(S(=O)(=O)NC2CC2)cc1. The highest BCUT2D eigenvalue weighted by molar-refractivity contribution is 7.89. The van der Waals surface area contributed by atoms with Crippen LogP contribution in [0.1, 0.15) is 48.4 Å². The molecule has 9 heteroatoms. The van der Waals surface area contributed by atoms with Crippen LogP contribution in [0.4, 0.5) is 0 Å². The zero-order chi connectivity index (χ0) is 27.7. The van der Waals surface area contributed by atoms with Crippen molar-refractivity contribution in [1.82, 2.24) is 14.9 Å². The molecule has 1 aliphatic carbocycles. The molecule has 1 atom stereocenters. The lowest BCUT2D eigenvalue weighted by molar-refractivity contribution is -0.141. The first-order chi connectivity index (χ1) is 18.9.